The third kappa shape index (κ3) is 3.78. The summed E-state index contributed by atoms with van der Waals surface area (Å²) in [7, 11) is 0. The van der Waals surface area contributed by atoms with Crippen molar-refractivity contribution in [1.29, 1.82) is 0 Å². The van der Waals surface area contributed by atoms with Gasteiger partial charge >= 0.3 is 0 Å². The molecule has 0 radical (unpaired) electrons. The molecule has 0 N–H and O–H groups in total. The number of piperidine rings is 1. The standard InChI is InChI=1S/C15H25N3OS/c1-10(2)8-13-16-17-14(20-13)12-6-5-7-18(9-12)15(19)11(3)4/h10-12H,5-9H2,1-4H3. The topological polar surface area (TPSA) is 46.1 Å². The SMILES string of the molecule is CC(C)Cc1nnc(C2CCCN(C(=O)C(C)C)C2)s1. The number of carbonyl (C=O) groups is 1. The second kappa shape index (κ2) is 6.66. The highest BCUT2D eigenvalue weighted by Crippen LogP contribution is 2.30. The van der Waals surface area contributed by atoms with Crippen LogP contribution in [0.1, 0.15) is 56.5 Å². The van der Waals surface area contributed by atoms with E-state index in [-0.39, 0.29) is 11.8 Å². The molecule has 0 spiro atoms. The molecule has 2 heterocycles. The number of aromatic nitrogens is 2. The van der Waals surface area contributed by atoms with Crippen LogP contribution >= 0.6 is 11.3 Å². The van der Waals surface area contributed by atoms with Crippen LogP contribution in [0, 0.1) is 11.8 Å². The van der Waals surface area contributed by atoms with Crippen molar-refractivity contribution >= 4 is 17.2 Å². The van der Waals surface area contributed by atoms with Crippen molar-refractivity contribution in [2.75, 3.05) is 13.1 Å². The van der Waals surface area contributed by atoms with Gasteiger partial charge in [-0.1, -0.05) is 27.7 Å². The smallest absolute Gasteiger partial charge is 0.225 e. The van der Waals surface area contributed by atoms with Crippen LogP contribution in [0.5, 0.6) is 0 Å². The van der Waals surface area contributed by atoms with Crippen molar-refractivity contribution < 1.29 is 4.79 Å². The highest BCUT2D eigenvalue weighted by molar-refractivity contribution is 7.11. The summed E-state index contributed by atoms with van der Waals surface area (Å²) in [6.07, 6.45) is 3.19. The molecule has 1 aromatic heterocycles. The molecule has 1 saturated heterocycles. The average Bonchev–Trinajstić information content (AvgIpc) is 2.85. The highest BCUT2D eigenvalue weighted by atomic mass is 32.1. The lowest BCUT2D eigenvalue weighted by Crippen LogP contribution is -2.41. The first-order chi connectivity index (χ1) is 9.47. The van der Waals surface area contributed by atoms with Gasteiger partial charge < -0.3 is 4.90 Å². The number of likely N-dealkylation sites (tertiary alicyclic amines) is 1. The molecule has 5 heteroatoms. The summed E-state index contributed by atoms with van der Waals surface area (Å²) in [6.45, 7) is 10.0. The van der Waals surface area contributed by atoms with E-state index in [1.165, 1.54) is 0 Å². The molecule has 0 aliphatic carbocycles. The Morgan fingerprint density at radius 1 is 1.35 bits per heavy atom. The average molecular weight is 295 g/mol. The summed E-state index contributed by atoms with van der Waals surface area (Å²) in [5, 5.41) is 10.9. The lowest BCUT2D eigenvalue weighted by molar-refractivity contribution is -0.135. The van der Waals surface area contributed by atoms with Crippen LogP contribution in [-0.4, -0.2) is 34.1 Å². The summed E-state index contributed by atoms with van der Waals surface area (Å²) in [5.74, 6) is 1.34. The van der Waals surface area contributed by atoms with Crippen LogP contribution in [0.25, 0.3) is 0 Å². The van der Waals surface area contributed by atoms with Gasteiger partial charge in [-0.05, 0) is 18.8 Å². The Morgan fingerprint density at radius 3 is 2.75 bits per heavy atom. The molecule has 1 aliphatic heterocycles. The normalized spacial score (nSPS) is 19.9. The van der Waals surface area contributed by atoms with E-state index in [1.807, 2.05) is 18.7 Å². The summed E-state index contributed by atoms with van der Waals surface area (Å²) in [4.78, 5) is 14.1. The minimum Gasteiger partial charge on any atom is -0.342 e. The summed E-state index contributed by atoms with van der Waals surface area (Å²) < 4.78 is 0. The van der Waals surface area contributed by atoms with Gasteiger partial charge in [0.1, 0.15) is 10.0 Å². The predicted octanol–water partition coefficient (Wildman–Crippen LogP) is 3.10. The van der Waals surface area contributed by atoms with Crippen LogP contribution in [0.4, 0.5) is 0 Å². The van der Waals surface area contributed by atoms with Gasteiger partial charge in [0.2, 0.25) is 5.91 Å². The molecule has 4 nitrogen and oxygen atoms in total. The van der Waals surface area contributed by atoms with Crippen molar-refractivity contribution in [3.05, 3.63) is 10.0 Å². The van der Waals surface area contributed by atoms with E-state index in [0.717, 1.165) is 42.4 Å². The zero-order chi connectivity index (χ0) is 14.7. The Morgan fingerprint density at radius 2 is 2.10 bits per heavy atom. The van der Waals surface area contributed by atoms with Gasteiger partial charge in [-0.2, -0.15) is 0 Å². The Labute approximate surface area is 125 Å². The summed E-state index contributed by atoms with van der Waals surface area (Å²) in [6, 6.07) is 0. The van der Waals surface area contributed by atoms with Crippen LogP contribution in [-0.2, 0) is 11.2 Å². The quantitative estimate of drug-likeness (QED) is 0.857. The molecule has 0 aromatic carbocycles. The number of nitrogens with zero attached hydrogens (tertiary/aromatic N) is 3. The molecule has 2 rings (SSSR count). The van der Waals surface area contributed by atoms with Crippen molar-refractivity contribution in [2.24, 2.45) is 11.8 Å². The molecule has 112 valence electrons. The molecule has 1 unspecified atom stereocenters. The fourth-order valence-electron chi connectivity index (χ4n) is 2.61. The molecular weight excluding hydrogens is 270 g/mol. The fourth-order valence-corrected chi connectivity index (χ4v) is 3.79. The minimum absolute atomic E-state index is 0.0830. The molecule has 1 atom stereocenters. The van der Waals surface area contributed by atoms with E-state index in [1.54, 1.807) is 11.3 Å². The maximum Gasteiger partial charge on any atom is 0.225 e. The summed E-state index contributed by atoms with van der Waals surface area (Å²) >= 11 is 1.73. The lowest BCUT2D eigenvalue weighted by Gasteiger charge is -2.32. The number of rotatable bonds is 4. The molecule has 20 heavy (non-hydrogen) atoms. The Balaban J connectivity index is 2.01. The Hall–Kier alpha value is -0.970. The Bertz CT molecular complexity index is 456. The van der Waals surface area contributed by atoms with E-state index in [2.05, 4.69) is 24.0 Å². The molecule has 1 aliphatic rings. The van der Waals surface area contributed by atoms with Crippen LogP contribution in [0.3, 0.4) is 0 Å². The third-order valence-electron chi connectivity index (χ3n) is 3.64. The van der Waals surface area contributed by atoms with Gasteiger partial charge in [0.15, 0.2) is 0 Å². The molecule has 0 saturated carbocycles. The Kier molecular flexibility index (Phi) is 5.13. The predicted molar refractivity (Wildman–Crippen MR) is 81.8 cm³/mol. The number of hydrogen-bond donors (Lipinski definition) is 0. The fraction of sp³-hybridized carbons (Fsp3) is 0.800. The second-order valence-electron chi connectivity index (χ2n) is 6.41. The largest absolute Gasteiger partial charge is 0.342 e. The van der Waals surface area contributed by atoms with Gasteiger partial charge in [0.25, 0.3) is 0 Å². The van der Waals surface area contributed by atoms with E-state index in [4.69, 9.17) is 0 Å². The highest BCUT2D eigenvalue weighted by Gasteiger charge is 2.28. The maximum absolute atomic E-state index is 12.1. The van der Waals surface area contributed by atoms with Crippen molar-refractivity contribution in [3.8, 4) is 0 Å². The zero-order valence-corrected chi connectivity index (χ0v) is 13.7. The third-order valence-corrected chi connectivity index (χ3v) is 4.75. The molecule has 1 amide bonds. The number of amides is 1. The maximum atomic E-state index is 12.1. The molecule has 0 bridgehead atoms. The second-order valence-corrected chi connectivity index (χ2v) is 7.50. The minimum atomic E-state index is 0.0830. The van der Waals surface area contributed by atoms with Crippen molar-refractivity contribution in [1.82, 2.24) is 15.1 Å². The first-order valence-corrected chi connectivity index (χ1v) is 8.40. The van der Waals surface area contributed by atoms with E-state index >= 15 is 0 Å². The first kappa shape index (κ1) is 15.4. The van der Waals surface area contributed by atoms with Crippen molar-refractivity contribution in [2.45, 2.75) is 52.9 Å². The van der Waals surface area contributed by atoms with E-state index in [0.29, 0.717) is 11.8 Å². The van der Waals surface area contributed by atoms with Gasteiger partial charge in [-0.25, -0.2) is 0 Å². The number of hydrogen-bond acceptors (Lipinski definition) is 4. The van der Waals surface area contributed by atoms with Gasteiger partial charge in [-0.3, -0.25) is 4.79 Å². The lowest BCUT2D eigenvalue weighted by atomic mass is 9.97. The molecule has 1 aromatic rings. The van der Waals surface area contributed by atoms with Crippen LogP contribution in [0.2, 0.25) is 0 Å². The van der Waals surface area contributed by atoms with Crippen LogP contribution in [0.15, 0.2) is 0 Å². The summed E-state index contributed by atoms with van der Waals surface area (Å²) in [5.41, 5.74) is 0. The first-order valence-electron chi connectivity index (χ1n) is 7.58. The van der Waals surface area contributed by atoms with Gasteiger partial charge in [0.05, 0.1) is 0 Å². The van der Waals surface area contributed by atoms with Crippen LogP contribution < -0.4 is 0 Å². The zero-order valence-electron chi connectivity index (χ0n) is 12.9. The van der Waals surface area contributed by atoms with Gasteiger partial charge in [0, 0.05) is 31.3 Å². The molecule has 1 fully saturated rings. The monoisotopic (exact) mass is 295 g/mol. The van der Waals surface area contributed by atoms with Gasteiger partial charge in [-0.15, -0.1) is 21.5 Å². The van der Waals surface area contributed by atoms with E-state index < -0.39 is 0 Å². The number of carbonyl (C=O) groups excluding carboxylic acids is 1. The van der Waals surface area contributed by atoms with E-state index in [9.17, 15) is 4.79 Å². The van der Waals surface area contributed by atoms with Crippen molar-refractivity contribution in [3.63, 3.8) is 0 Å². The molecular formula is C15H25N3OS.